The number of benzene rings is 1. The van der Waals surface area contributed by atoms with Crippen LogP contribution < -0.4 is 4.90 Å². The van der Waals surface area contributed by atoms with Gasteiger partial charge in [0.15, 0.2) is 11.4 Å². The number of morpholine rings is 1. The zero-order valence-electron chi connectivity index (χ0n) is 14.8. The summed E-state index contributed by atoms with van der Waals surface area (Å²) in [6.45, 7) is 2.92. The van der Waals surface area contributed by atoms with Gasteiger partial charge in [-0.3, -0.25) is 4.79 Å². The Kier molecular flexibility index (Phi) is 4.84. The van der Waals surface area contributed by atoms with Crippen LogP contribution in [-0.2, 0) is 16.0 Å². The molecule has 3 aromatic rings. The van der Waals surface area contributed by atoms with Crippen LogP contribution in [0.2, 0.25) is 0 Å². The zero-order chi connectivity index (χ0) is 18.6. The summed E-state index contributed by atoms with van der Waals surface area (Å²) in [7, 11) is 0. The van der Waals surface area contributed by atoms with E-state index in [0.717, 1.165) is 30.1 Å². The van der Waals surface area contributed by atoms with Gasteiger partial charge in [-0.2, -0.15) is 9.61 Å². The van der Waals surface area contributed by atoms with Crippen molar-refractivity contribution in [2.75, 3.05) is 31.2 Å². The van der Waals surface area contributed by atoms with Crippen LogP contribution in [-0.4, -0.2) is 51.8 Å². The molecule has 1 aromatic carbocycles. The van der Waals surface area contributed by atoms with Crippen LogP contribution in [0.1, 0.15) is 11.3 Å². The molecule has 1 N–H and O–H groups in total. The van der Waals surface area contributed by atoms with Crippen molar-refractivity contribution in [2.24, 2.45) is 0 Å². The molecule has 0 aliphatic carbocycles. The molecule has 1 saturated heterocycles. The fourth-order valence-corrected chi connectivity index (χ4v) is 3.07. The molecule has 1 fully saturated rings. The van der Waals surface area contributed by atoms with E-state index in [1.807, 2.05) is 12.1 Å². The van der Waals surface area contributed by atoms with Crippen LogP contribution >= 0.6 is 0 Å². The van der Waals surface area contributed by atoms with Gasteiger partial charge in [-0.1, -0.05) is 18.2 Å². The number of anilines is 1. The predicted octanol–water partition coefficient (Wildman–Crippen LogP) is 2.10. The lowest BCUT2D eigenvalue weighted by atomic mass is 10.1. The number of aromatic hydroxyl groups is 1. The maximum absolute atomic E-state index is 12.4. The van der Waals surface area contributed by atoms with Crippen molar-refractivity contribution in [3.05, 3.63) is 59.9 Å². The van der Waals surface area contributed by atoms with Gasteiger partial charge in [0.1, 0.15) is 11.6 Å². The Morgan fingerprint density at radius 2 is 1.96 bits per heavy atom. The van der Waals surface area contributed by atoms with Gasteiger partial charge >= 0.3 is 0 Å². The van der Waals surface area contributed by atoms with Crippen molar-refractivity contribution in [3.63, 3.8) is 0 Å². The highest BCUT2D eigenvalue weighted by Gasteiger charge is 2.17. The number of carbonyl (C=O) groups is 1. The SMILES string of the molecule is O=C(/C=C/c1ccc(O)cc1)Cc1cc(N2CCOCC2)n2nccc2n1. The second-order valence-electron chi connectivity index (χ2n) is 6.37. The fraction of sp³-hybridized carbons (Fsp3) is 0.250. The first-order valence-corrected chi connectivity index (χ1v) is 8.85. The first-order chi connectivity index (χ1) is 13.2. The molecular formula is C20H20N4O3. The third-order valence-corrected chi connectivity index (χ3v) is 4.44. The highest BCUT2D eigenvalue weighted by molar-refractivity contribution is 5.95. The van der Waals surface area contributed by atoms with Crippen molar-refractivity contribution in [1.29, 1.82) is 0 Å². The van der Waals surface area contributed by atoms with Crippen molar-refractivity contribution < 1.29 is 14.6 Å². The molecule has 0 spiro atoms. The molecule has 3 heterocycles. The normalized spacial score (nSPS) is 14.9. The van der Waals surface area contributed by atoms with Crippen molar-refractivity contribution in [1.82, 2.24) is 14.6 Å². The minimum absolute atomic E-state index is 0.0348. The second-order valence-corrected chi connectivity index (χ2v) is 6.37. The number of phenolic OH excluding ortho intramolecular Hbond substituents is 1. The molecule has 2 aromatic heterocycles. The molecule has 7 nitrogen and oxygen atoms in total. The summed E-state index contributed by atoms with van der Waals surface area (Å²) in [5.41, 5.74) is 2.29. The maximum atomic E-state index is 12.4. The minimum Gasteiger partial charge on any atom is -0.508 e. The summed E-state index contributed by atoms with van der Waals surface area (Å²) in [4.78, 5) is 19.1. The number of carbonyl (C=O) groups excluding carboxylic acids is 1. The number of phenols is 1. The second kappa shape index (κ2) is 7.59. The van der Waals surface area contributed by atoms with Gasteiger partial charge in [0.2, 0.25) is 0 Å². The standard InChI is InChI=1S/C20H20N4O3/c25-17-4-1-15(2-5-17)3-6-18(26)13-16-14-20(23-9-11-27-12-10-23)24-19(22-16)7-8-21-24/h1-8,14,25H,9-13H2/b6-3+. The van der Waals surface area contributed by atoms with Gasteiger partial charge < -0.3 is 14.7 Å². The van der Waals surface area contributed by atoms with Crippen molar-refractivity contribution in [2.45, 2.75) is 6.42 Å². The molecule has 4 rings (SSSR count). The molecule has 0 radical (unpaired) electrons. The number of ether oxygens (including phenoxy) is 1. The lowest BCUT2D eigenvalue weighted by Gasteiger charge is -2.29. The van der Waals surface area contributed by atoms with E-state index in [4.69, 9.17) is 4.74 Å². The summed E-state index contributed by atoms with van der Waals surface area (Å²) in [5.74, 6) is 1.10. The van der Waals surface area contributed by atoms with Gasteiger partial charge in [-0.15, -0.1) is 0 Å². The predicted molar refractivity (Wildman–Crippen MR) is 102 cm³/mol. The summed E-state index contributed by atoms with van der Waals surface area (Å²) in [6.07, 6.45) is 5.21. The minimum atomic E-state index is -0.0348. The molecular weight excluding hydrogens is 344 g/mol. The molecule has 7 heteroatoms. The van der Waals surface area contributed by atoms with E-state index >= 15 is 0 Å². The van der Waals surface area contributed by atoms with E-state index in [1.165, 1.54) is 0 Å². The number of hydrogen-bond donors (Lipinski definition) is 1. The van der Waals surface area contributed by atoms with E-state index in [0.29, 0.717) is 18.9 Å². The molecule has 138 valence electrons. The molecule has 0 saturated carbocycles. The molecule has 0 amide bonds. The first-order valence-electron chi connectivity index (χ1n) is 8.85. The van der Waals surface area contributed by atoms with Crippen LogP contribution in [0.15, 0.2) is 48.7 Å². The topological polar surface area (TPSA) is 80.0 Å². The van der Waals surface area contributed by atoms with E-state index < -0.39 is 0 Å². The molecule has 27 heavy (non-hydrogen) atoms. The number of allylic oxidation sites excluding steroid dienone is 1. The summed E-state index contributed by atoms with van der Waals surface area (Å²) < 4.78 is 7.22. The van der Waals surface area contributed by atoms with Crippen LogP contribution in [0.25, 0.3) is 11.7 Å². The molecule has 0 bridgehead atoms. The van der Waals surface area contributed by atoms with E-state index in [9.17, 15) is 9.90 Å². The number of aromatic nitrogens is 3. The molecule has 1 aliphatic rings. The summed E-state index contributed by atoms with van der Waals surface area (Å²) in [6, 6.07) is 10.5. The van der Waals surface area contributed by atoms with Gasteiger partial charge in [-0.25, -0.2) is 4.98 Å². The Morgan fingerprint density at radius 3 is 2.74 bits per heavy atom. The number of rotatable bonds is 5. The van der Waals surface area contributed by atoms with Crippen LogP contribution in [0, 0.1) is 0 Å². The Balaban J connectivity index is 1.54. The average Bonchev–Trinajstić information content (AvgIpc) is 3.16. The van der Waals surface area contributed by atoms with Crippen LogP contribution in [0.5, 0.6) is 5.75 Å². The lowest BCUT2D eigenvalue weighted by molar-refractivity contribution is -0.114. The molecule has 1 aliphatic heterocycles. The van der Waals surface area contributed by atoms with Crippen LogP contribution in [0.4, 0.5) is 5.82 Å². The Morgan fingerprint density at radius 1 is 1.19 bits per heavy atom. The van der Waals surface area contributed by atoms with E-state index in [2.05, 4.69) is 15.0 Å². The summed E-state index contributed by atoms with van der Waals surface area (Å²) in [5, 5.41) is 13.7. The van der Waals surface area contributed by atoms with E-state index in [-0.39, 0.29) is 18.0 Å². The molecule has 0 unspecified atom stereocenters. The highest BCUT2D eigenvalue weighted by Crippen LogP contribution is 2.19. The van der Waals surface area contributed by atoms with Gasteiger partial charge in [0, 0.05) is 25.2 Å². The lowest BCUT2D eigenvalue weighted by Crippen LogP contribution is -2.37. The van der Waals surface area contributed by atoms with Crippen LogP contribution in [0.3, 0.4) is 0 Å². The Bertz CT molecular complexity index is 973. The number of ketones is 1. The number of fused-ring (bicyclic) bond motifs is 1. The quantitative estimate of drug-likeness (QED) is 0.699. The van der Waals surface area contributed by atoms with Crippen molar-refractivity contribution in [3.8, 4) is 5.75 Å². The van der Waals surface area contributed by atoms with Gasteiger partial charge in [-0.05, 0) is 23.8 Å². The smallest absolute Gasteiger partial charge is 0.161 e. The Hall–Kier alpha value is -3.19. The highest BCUT2D eigenvalue weighted by atomic mass is 16.5. The fourth-order valence-electron chi connectivity index (χ4n) is 3.07. The first kappa shape index (κ1) is 17.2. The number of hydrogen-bond acceptors (Lipinski definition) is 6. The third kappa shape index (κ3) is 3.98. The number of nitrogens with zero attached hydrogens (tertiary/aromatic N) is 4. The monoisotopic (exact) mass is 364 g/mol. The van der Waals surface area contributed by atoms with Gasteiger partial charge in [0.05, 0.1) is 31.5 Å². The Labute approximate surface area is 156 Å². The average molecular weight is 364 g/mol. The summed E-state index contributed by atoms with van der Waals surface area (Å²) >= 11 is 0. The van der Waals surface area contributed by atoms with E-state index in [1.54, 1.807) is 47.1 Å². The largest absolute Gasteiger partial charge is 0.508 e. The van der Waals surface area contributed by atoms with Gasteiger partial charge in [0.25, 0.3) is 0 Å². The van der Waals surface area contributed by atoms with Crippen molar-refractivity contribution >= 4 is 23.3 Å². The molecule has 0 atom stereocenters. The maximum Gasteiger partial charge on any atom is 0.161 e. The zero-order valence-corrected chi connectivity index (χ0v) is 14.8. The third-order valence-electron chi connectivity index (χ3n) is 4.44.